The SMILES string of the molecule is N#Cc1c(Cl)nc(N)[nH]c1=O. The fourth-order valence-electron chi connectivity index (χ4n) is 0.559. The maximum absolute atomic E-state index is 10.8. The molecule has 0 atom stereocenters. The number of rotatable bonds is 0. The Bertz CT molecular complexity index is 377. The molecule has 1 aromatic heterocycles. The van der Waals surface area contributed by atoms with Gasteiger partial charge in [0.05, 0.1) is 0 Å². The number of nitrogen functional groups attached to an aromatic ring is 1. The number of hydrogen-bond donors (Lipinski definition) is 2. The van der Waals surface area contributed by atoms with E-state index in [1.54, 1.807) is 6.07 Å². The average molecular weight is 171 g/mol. The molecular weight excluding hydrogens is 168 g/mol. The monoisotopic (exact) mass is 170 g/mol. The van der Waals surface area contributed by atoms with Crippen molar-refractivity contribution in [3.05, 3.63) is 21.1 Å². The molecule has 0 fully saturated rings. The second-order valence-corrected chi connectivity index (χ2v) is 2.09. The molecule has 1 heterocycles. The van der Waals surface area contributed by atoms with E-state index in [1.165, 1.54) is 0 Å². The van der Waals surface area contributed by atoms with E-state index in [9.17, 15) is 4.79 Å². The molecular formula is C5H3ClN4O. The topological polar surface area (TPSA) is 95.6 Å². The molecule has 0 aromatic carbocycles. The highest BCUT2D eigenvalue weighted by molar-refractivity contribution is 6.30. The highest BCUT2D eigenvalue weighted by Gasteiger charge is 2.05. The Morgan fingerprint density at radius 1 is 1.73 bits per heavy atom. The van der Waals surface area contributed by atoms with Gasteiger partial charge >= 0.3 is 0 Å². The molecule has 0 aliphatic heterocycles. The first-order valence-electron chi connectivity index (χ1n) is 2.60. The van der Waals surface area contributed by atoms with E-state index in [-0.39, 0.29) is 16.7 Å². The van der Waals surface area contributed by atoms with Crippen LogP contribution in [0.3, 0.4) is 0 Å². The van der Waals surface area contributed by atoms with Gasteiger partial charge in [0.1, 0.15) is 6.07 Å². The number of aromatic amines is 1. The zero-order valence-electron chi connectivity index (χ0n) is 5.26. The van der Waals surface area contributed by atoms with Crippen molar-refractivity contribution in [2.24, 2.45) is 0 Å². The molecule has 11 heavy (non-hydrogen) atoms. The van der Waals surface area contributed by atoms with Crippen LogP contribution in [0.15, 0.2) is 4.79 Å². The van der Waals surface area contributed by atoms with Crippen LogP contribution in [0.5, 0.6) is 0 Å². The predicted molar refractivity (Wildman–Crippen MR) is 39.0 cm³/mol. The van der Waals surface area contributed by atoms with Gasteiger partial charge in [0.15, 0.2) is 10.7 Å². The van der Waals surface area contributed by atoms with Crippen LogP contribution < -0.4 is 11.3 Å². The zero-order chi connectivity index (χ0) is 8.43. The standard InChI is InChI=1S/C5H3ClN4O/c6-3-2(1-7)4(11)10-5(8)9-3/h(H3,8,9,10,11). The van der Waals surface area contributed by atoms with Crippen LogP contribution in [0.4, 0.5) is 5.95 Å². The van der Waals surface area contributed by atoms with E-state index in [2.05, 4.69) is 9.97 Å². The van der Waals surface area contributed by atoms with Crippen molar-refractivity contribution < 1.29 is 0 Å². The molecule has 1 rings (SSSR count). The predicted octanol–water partition coefficient (Wildman–Crippen LogP) is -0.123. The minimum Gasteiger partial charge on any atom is -0.369 e. The quantitative estimate of drug-likeness (QED) is 0.531. The Balaban J connectivity index is 3.53. The van der Waals surface area contributed by atoms with Crippen LogP contribution in [-0.4, -0.2) is 9.97 Å². The molecule has 5 nitrogen and oxygen atoms in total. The molecule has 0 saturated heterocycles. The molecule has 0 unspecified atom stereocenters. The summed E-state index contributed by atoms with van der Waals surface area (Å²) in [5, 5.41) is 8.18. The van der Waals surface area contributed by atoms with Crippen molar-refractivity contribution >= 4 is 17.5 Å². The van der Waals surface area contributed by atoms with Crippen molar-refractivity contribution in [3.8, 4) is 6.07 Å². The third-order valence-electron chi connectivity index (χ3n) is 1.01. The zero-order valence-corrected chi connectivity index (χ0v) is 6.01. The van der Waals surface area contributed by atoms with Crippen molar-refractivity contribution in [3.63, 3.8) is 0 Å². The summed E-state index contributed by atoms with van der Waals surface area (Å²) in [4.78, 5) is 16.4. The van der Waals surface area contributed by atoms with Gasteiger partial charge in [-0.3, -0.25) is 9.78 Å². The smallest absolute Gasteiger partial charge is 0.271 e. The molecule has 6 heteroatoms. The number of H-pyrrole nitrogens is 1. The van der Waals surface area contributed by atoms with Crippen molar-refractivity contribution in [1.82, 2.24) is 9.97 Å². The van der Waals surface area contributed by atoms with Gasteiger partial charge in [-0.25, -0.2) is 4.98 Å². The van der Waals surface area contributed by atoms with Gasteiger partial charge in [-0.05, 0) is 0 Å². The van der Waals surface area contributed by atoms with E-state index in [0.29, 0.717) is 0 Å². The van der Waals surface area contributed by atoms with Gasteiger partial charge in [-0.1, -0.05) is 11.6 Å². The number of aromatic nitrogens is 2. The molecule has 0 saturated carbocycles. The van der Waals surface area contributed by atoms with Crippen LogP contribution in [0.2, 0.25) is 5.15 Å². The molecule has 56 valence electrons. The second-order valence-electron chi connectivity index (χ2n) is 1.73. The van der Waals surface area contributed by atoms with Crippen molar-refractivity contribution in [2.45, 2.75) is 0 Å². The molecule has 0 bridgehead atoms. The molecule has 0 amide bonds. The van der Waals surface area contributed by atoms with Gasteiger partial charge in [-0.2, -0.15) is 5.26 Å². The first-order valence-corrected chi connectivity index (χ1v) is 2.98. The summed E-state index contributed by atoms with van der Waals surface area (Å²) >= 11 is 5.40. The highest BCUT2D eigenvalue weighted by atomic mass is 35.5. The minimum absolute atomic E-state index is 0.0981. The summed E-state index contributed by atoms with van der Waals surface area (Å²) in [6.07, 6.45) is 0. The molecule has 0 aliphatic carbocycles. The van der Waals surface area contributed by atoms with Crippen LogP contribution in [0.25, 0.3) is 0 Å². The molecule has 0 radical (unpaired) electrons. The van der Waals surface area contributed by atoms with E-state index in [4.69, 9.17) is 22.6 Å². The van der Waals surface area contributed by atoms with Crippen LogP contribution in [0, 0.1) is 11.3 Å². The largest absolute Gasteiger partial charge is 0.369 e. The number of nitriles is 1. The third kappa shape index (κ3) is 1.30. The summed E-state index contributed by atoms with van der Waals surface area (Å²) in [6, 6.07) is 1.60. The summed E-state index contributed by atoms with van der Waals surface area (Å²) in [7, 11) is 0. The second kappa shape index (κ2) is 2.60. The lowest BCUT2D eigenvalue weighted by atomic mass is 10.4. The molecule has 1 aromatic rings. The Morgan fingerprint density at radius 3 is 2.82 bits per heavy atom. The first kappa shape index (κ1) is 7.57. The third-order valence-corrected chi connectivity index (χ3v) is 1.28. The Labute approximate surface area is 66.4 Å². The number of nitrogens with zero attached hydrogens (tertiary/aromatic N) is 2. The van der Waals surface area contributed by atoms with E-state index < -0.39 is 5.56 Å². The lowest BCUT2D eigenvalue weighted by Gasteiger charge is -1.93. The van der Waals surface area contributed by atoms with E-state index in [1.807, 2.05) is 0 Å². The Kier molecular flexibility index (Phi) is 1.79. The van der Waals surface area contributed by atoms with Crippen molar-refractivity contribution in [2.75, 3.05) is 5.73 Å². The number of halogens is 1. The van der Waals surface area contributed by atoms with Crippen LogP contribution >= 0.6 is 11.6 Å². The lowest BCUT2D eigenvalue weighted by molar-refractivity contribution is 1.12. The van der Waals surface area contributed by atoms with Gasteiger partial charge in [0.2, 0.25) is 5.95 Å². The lowest BCUT2D eigenvalue weighted by Crippen LogP contribution is -2.14. The first-order chi connectivity index (χ1) is 5.15. The maximum atomic E-state index is 10.8. The van der Waals surface area contributed by atoms with Crippen LogP contribution in [-0.2, 0) is 0 Å². The fourth-order valence-corrected chi connectivity index (χ4v) is 0.778. The van der Waals surface area contributed by atoms with Gasteiger partial charge in [0.25, 0.3) is 5.56 Å². The highest BCUT2D eigenvalue weighted by Crippen LogP contribution is 2.06. The van der Waals surface area contributed by atoms with Gasteiger partial charge in [0, 0.05) is 0 Å². The van der Waals surface area contributed by atoms with Crippen LogP contribution in [0.1, 0.15) is 5.56 Å². The molecule has 0 spiro atoms. The Hall–Kier alpha value is -1.54. The summed E-state index contributed by atoms with van der Waals surface area (Å²) in [5.41, 5.74) is 4.28. The minimum atomic E-state index is -0.620. The summed E-state index contributed by atoms with van der Waals surface area (Å²) in [5.74, 6) is -0.0981. The number of nitrogens with two attached hydrogens (primary N) is 1. The maximum Gasteiger partial charge on any atom is 0.271 e. The van der Waals surface area contributed by atoms with E-state index >= 15 is 0 Å². The fraction of sp³-hybridized carbons (Fsp3) is 0. The molecule has 3 N–H and O–H groups in total. The Morgan fingerprint density at radius 2 is 2.36 bits per heavy atom. The molecule has 0 aliphatic rings. The average Bonchev–Trinajstić information content (AvgIpc) is 1.85. The summed E-state index contributed by atoms with van der Waals surface area (Å²) in [6.45, 7) is 0. The normalized spacial score (nSPS) is 9.09. The number of anilines is 1. The van der Waals surface area contributed by atoms with Gasteiger partial charge in [-0.15, -0.1) is 0 Å². The van der Waals surface area contributed by atoms with E-state index in [0.717, 1.165) is 0 Å². The van der Waals surface area contributed by atoms with Gasteiger partial charge < -0.3 is 5.73 Å². The number of nitrogens with one attached hydrogen (secondary N) is 1. The summed E-state index contributed by atoms with van der Waals surface area (Å²) < 4.78 is 0. The van der Waals surface area contributed by atoms with Crippen molar-refractivity contribution in [1.29, 1.82) is 5.26 Å². The number of hydrogen-bond acceptors (Lipinski definition) is 4.